The van der Waals surface area contributed by atoms with Crippen LogP contribution in [-0.2, 0) is 17.9 Å². The third kappa shape index (κ3) is 4.53. The van der Waals surface area contributed by atoms with E-state index >= 15 is 0 Å². The maximum absolute atomic E-state index is 12.2. The lowest BCUT2D eigenvalue weighted by Gasteiger charge is -2.54. The maximum atomic E-state index is 12.2. The van der Waals surface area contributed by atoms with Crippen molar-refractivity contribution >= 4 is 6.09 Å². The van der Waals surface area contributed by atoms with Crippen molar-refractivity contribution in [1.82, 2.24) is 9.80 Å². The van der Waals surface area contributed by atoms with Crippen LogP contribution in [0.5, 0.6) is 0 Å². The second-order valence-electron chi connectivity index (χ2n) is 8.59. The summed E-state index contributed by atoms with van der Waals surface area (Å²) in [5, 5.41) is 9.11. The molecule has 0 radical (unpaired) electrons. The average molecular weight is 346 g/mol. The van der Waals surface area contributed by atoms with Crippen molar-refractivity contribution < 1.29 is 14.6 Å². The zero-order chi connectivity index (χ0) is 18.1. The Morgan fingerprint density at radius 3 is 2.20 bits per heavy atom. The second kappa shape index (κ2) is 6.96. The van der Waals surface area contributed by atoms with E-state index in [9.17, 15) is 4.79 Å². The van der Waals surface area contributed by atoms with E-state index in [4.69, 9.17) is 9.84 Å². The van der Waals surface area contributed by atoms with E-state index in [-0.39, 0.29) is 12.7 Å². The number of ether oxygens (including phenoxy) is 1. The van der Waals surface area contributed by atoms with Gasteiger partial charge in [0.25, 0.3) is 0 Å². The fourth-order valence-electron chi connectivity index (χ4n) is 3.83. The lowest BCUT2D eigenvalue weighted by molar-refractivity contribution is -0.0550. The third-order valence-electron chi connectivity index (χ3n) is 5.21. The topological polar surface area (TPSA) is 53.0 Å². The quantitative estimate of drug-likeness (QED) is 0.914. The third-order valence-corrected chi connectivity index (χ3v) is 5.21. The molecule has 2 heterocycles. The fourth-order valence-corrected chi connectivity index (χ4v) is 3.83. The van der Waals surface area contributed by atoms with E-state index in [2.05, 4.69) is 17.0 Å². The molecule has 2 aliphatic heterocycles. The summed E-state index contributed by atoms with van der Waals surface area (Å²) in [7, 11) is 0. The number of carbonyl (C=O) groups is 1. The van der Waals surface area contributed by atoms with Gasteiger partial charge in [0.05, 0.1) is 6.61 Å². The maximum Gasteiger partial charge on any atom is 0.410 e. The molecular formula is C20H30N2O3. The molecule has 0 aliphatic carbocycles. The Hall–Kier alpha value is -1.59. The fraction of sp³-hybridized carbons (Fsp3) is 0.650. The molecule has 5 heteroatoms. The van der Waals surface area contributed by atoms with Gasteiger partial charge in [0.1, 0.15) is 5.60 Å². The summed E-state index contributed by atoms with van der Waals surface area (Å²) >= 11 is 0. The highest BCUT2D eigenvalue weighted by Crippen LogP contribution is 2.41. The van der Waals surface area contributed by atoms with Gasteiger partial charge in [-0.2, -0.15) is 0 Å². The zero-order valence-corrected chi connectivity index (χ0v) is 15.6. The number of carbonyl (C=O) groups excluding carboxylic acids is 1. The average Bonchev–Trinajstić information content (AvgIpc) is 2.53. The molecule has 2 aliphatic rings. The molecule has 2 fully saturated rings. The van der Waals surface area contributed by atoms with Gasteiger partial charge in [0.15, 0.2) is 0 Å². The van der Waals surface area contributed by atoms with Gasteiger partial charge < -0.3 is 14.7 Å². The Bertz CT molecular complexity index is 590. The monoisotopic (exact) mass is 346 g/mol. The Morgan fingerprint density at radius 2 is 1.68 bits per heavy atom. The molecule has 0 saturated carbocycles. The summed E-state index contributed by atoms with van der Waals surface area (Å²) in [6.45, 7) is 10.6. The summed E-state index contributed by atoms with van der Waals surface area (Å²) in [6, 6.07) is 8.18. The molecule has 0 bridgehead atoms. The number of aliphatic hydroxyl groups is 1. The number of likely N-dealkylation sites (tertiary alicyclic amines) is 2. The summed E-state index contributed by atoms with van der Waals surface area (Å²) in [5.41, 5.74) is 2.20. The second-order valence-corrected chi connectivity index (χ2v) is 8.59. The molecule has 1 amide bonds. The summed E-state index contributed by atoms with van der Waals surface area (Å²) in [6.07, 6.45) is 1.95. The summed E-state index contributed by atoms with van der Waals surface area (Å²) in [4.78, 5) is 16.5. The number of hydrogen-bond acceptors (Lipinski definition) is 4. The molecule has 1 aromatic carbocycles. The molecule has 5 nitrogen and oxygen atoms in total. The van der Waals surface area contributed by atoms with Gasteiger partial charge in [0, 0.05) is 32.7 Å². The van der Waals surface area contributed by atoms with Crippen LogP contribution in [0.1, 0.15) is 44.7 Å². The van der Waals surface area contributed by atoms with Crippen LogP contribution < -0.4 is 0 Å². The summed E-state index contributed by atoms with van der Waals surface area (Å²) < 4.78 is 5.47. The zero-order valence-electron chi connectivity index (χ0n) is 15.6. The lowest BCUT2D eigenvalue weighted by Crippen LogP contribution is -2.60. The first kappa shape index (κ1) is 18.2. The minimum Gasteiger partial charge on any atom is -0.444 e. The molecule has 2 saturated heterocycles. The number of benzene rings is 1. The Balaban J connectivity index is 1.44. The van der Waals surface area contributed by atoms with Crippen molar-refractivity contribution in [1.29, 1.82) is 0 Å². The molecule has 25 heavy (non-hydrogen) atoms. The van der Waals surface area contributed by atoms with Crippen LogP contribution in [0, 0.1) is 5.41 Å². The number of amides is 1. The van der Waals surface area contributed by atoms with Crippen molar-refractivity contribution in [2.45, 2.75) is 52.4 Å². The first-order chi connectivity index (χ1) is 11.8. The number of nitrogens with zero attached hydrogens (tertiary/aromatic N) is 2. The first-order valence-electron chi connectivity index (χ1n) is 9.18. The van der Waals surface area contributed by atoms with Crippen molar-refractivity contribution in [3.63, 3.8) is 0 Å². The molecule has 1 N–H and O–H groups in total. The largest absolute Gasteiger partial charge is 0.444 e. The smallest absolute Gasteiger partial charge is 0.410 e. The van der Waals surface area contributed by atoms with Crippen LogP contribution in [0.15, 0.2) is 24.3 Å². The van der Waals surface area contributed by atoms with Crippen molar-refractivity contribution in [3.8, 4) is 0 Å². The normalized spacial score (nSPS) is 20.4. The van der Waals surface area contributed by atoms with Crippen LogP contribution in [0.25, 0.3) is 0 Å². The van der Waals surface area contributed by atoms with Crippen LogP contribution in [-0.4, -0.2) is 52.8 Å². The predicted octanol–water partition coefficient (Wildman–Crippen LogP) is 3.01. The van der Waals surface area contributed by atoms with Crippen LogP contribution >= 0.6 is 0 Å². The van der Waals surface area contributed by atoms with E-state index in [0.29, 0.717) is 5.41 Å². The molecular weight excluding hydrogens is 316 g/mol. The van der Waals surface area contributed by atoms with E-state index in [1.807, 2.05) is 37.8 Å². The van der Waals surface area contributed by atoms with Crippen molar-refractivity contribution in [2.75, 3.05) is 26.2 Å². The van der Waals surface area contributed by atoms with Crippen LogP contribution in [0.2, 0.25) is 0 Å². The van der Waals surface area contributed by atoms with Gasteiger partial charge in [-0.3, -0.25) is 4.90 Å². The summed E-state index contributed by atoms with van der Waals surface area (Å²) in [5.74, 6) is 0. The van der Waals surface area contributed by atoms with Gasteiger partial charge >= 0.3 is 6.09 Å². The molecule has 0 atom stereocenters. The Kier molecular flexibility index (Phi) is 5.07. The van der Waals surface area contributed by atoms with Gasteiger partial charge in [0.2, 0.25) is 0 Å². The van der Waals surface area contributed by atoms with Crippen molar-refractivity contribution in [3.05, 3.63) is 35.4 Å². The number of piperidine rings is 1. The molecule has 138 valence electrons. The number of rotatable bonds is 3. The van der Waals surface area contributed by atoms with Gasteiger partial charge in [-0.05, 0) is 50.2 Å². The van der Waals surface area contributed by atoms with E-state index in [0.717, 1.165) is 51.1 Å². The molecule has 3 rings (SSSR count). The number of hydrogen-bond donors (Lipinski definition) is 1. The lowest BCUT2D eigenvalue weighted by atomic mass is 9.72. The molecule has 0 aromatic heterocycles. The Labute approximate surface area is 150 Å². The van der Waals surface area contributed by atoms with E-state index < -0.39 is 5.60 Å². The minimum absolute atomic E-state index is 0.0985. The van der Waals surface area contributed by atoms with Crippen molar-refractivity contribution in [2.24, 2.45) is 5.41 Å². The minimum atomic E-state index is -0.426. The standard InChI is InChI=1S/C20H30N2O3/c1-19(2,3)25-18(24)22-10-8-20(9-11-22)14-21(15-20)12-16-4-6-17(13-23)7-5-16/h4-7,23H,8-15H2,1-3H3. The van der Waals surface area contributed by atoms with E-state index in [1.54, 1.807) is 0 Å². The highest BCUT2D eigenvalue weighted by atomic mass is 16.6. The van der Waals surface area contributed by atoms with Gasteiger partial charge in [-0.1, -0.05) is 24.3 Å². The first-order valence-corrected chi connectivity index (χ1v) is 9.18. The van der Waals surface area contributed by atoms with E-state index in [1.165, 1.54) is 5.56 Å². The van der Waals surface area contributed by atoms with Gasteiger partial charge in [-0.25, -0.2) is 4.79 Å². The molecule has 1 spiro atoms. The molecule has 0 unspecified atom stereocenters. The predicted molar refractivity (Wildman–Crippen MR) is 97.1 cm³/mol. The van der Waals surface area contributed by atoms with Crippen LogP contribution in [0.3, 0.4) is 0 Å². The highest BCUT2D eigenvalue weighted by molar-refractivity contribution is 5.68. The van der Waals surface area contributed by atoms with Gasteiger partial charge in [-0.15, -0.1) is 0 Å². The molecule has 1 aromatic rings. The highest BCUT2D eigenvalue weighted by Gasteiger charge is 2.45. The number of aliphatic hydroxyl groups excluding tert-OH is 1. The Morgan fingerprint density at radius 1 is 1.12 bits per heavy atom. The SMILES string of the molecule is CC(C)(C)OC(=O)N1CCC2(CC1)CN(Cc1ccc(CO)cc1)C2. The van der Waals surface area contributed by atoms with Crippen LogP contribution in [0.4, 0.5) is 4.79 Å².